The van der Waals surface area contributed by atoms with Gasteiger partial charge in [-0.2, -0.15) is 0 Å². The number of hydrogen-bond acceptors (Lipinski definition) is 1. The van der Waals surface area contributed by atoms with Gasteiger partial charge in [0.15, 0.2) is 0 Å². The van der Waals surface area contributed by atoms with Crippen molar-refractivity contribution in [3.8, 4) is 11.1 Å². The molecule has 3 rings (SSSR count). The summed E-state index contributed by atoms with van der Waals surface area (Å²) in [5, 5.41) is 9.29. The van der Waals surface area contributed by atoms with Gasteiger partial charge in [0.25, 0.3) is 0 Å². The number of carboxylic acid groups (broad SMARTS) is 1. The van der Waals surface area contributed by atoms with Gasteiger partial charge in [0.2, 0.25) is 0 Å². The van der Waals surface area contributed by atoms with Gasteiger partial charge in [-0.15, -0.1) is 0 Å². The monoisotopic (exact) mass is 270 g/mol. The van der Waals surface area contributed by atoms with Crippen LogP contribution in [-0.4, -0.2) is 11.1 Å². The first-order valence-corrected chi connectivity index (χ1v) is 6.79. The Balaban J connectivity index is 2.16. The fraction of sp³-hybridized carbons (Fsp3) is 0.235. The number of aromatic carboxylic acids is 1. The fourth-order valence-corrected chi connectivity index (χ4v) is 2.75. The van der Waals surface area contributed by atoms with Crippen LogP contribution in [0.15, 0.2) is 42.5 Å². The molecule has 0 heterocycles. The van der Waals surface area contributed by atoms with E-state index in [0.29, 0.717) is 11.5 Å². The Bertz CT molecular complexity index is 660. The molecule has 20 heavy (non-hydrogen) atoms. The molecule has 0 spiro atoms. The third kappa shape index (κ3) is 2.20. The highest BCUT2D eigenvalue weighted by molar-refractivity contribution is 5.96. The predicted molar refractivity (Wildman–Crippen MR) is 75.4 cm³/mol. The van der Waals surface area contributed by atoms with Crippen molar-refractivity contribution in [3.05, 3.63) is 59.4 Å². The number of halogens is 1. The van der Waals surface area contributed by atoms with E-state index in [0.717, 1.165) is 24.5 Å². The highest BCUT2D eigenvalue weighted by Gasteiger charge is 2.24. The van der Waals surface area contributed by atoms with E-state index in [1.165, 1.54) is 18.1 Å². The Morgan fingerprint density at radius 1 is 1.10 bits per heavy atom. The molecular formula is C17H15FO2. The average molecular weight is 270 g/mol. The highest BCUT2D eigenvalue weighted by atomic mass is 19.1. The molecule has 102 valence electrons. The largest absolute Gasteiger partial charge is 0.478 e. The number of carboxylic acids is 1. The van der Waals surface area contributed by atoms with Gasteiger partial charge in [-0.05, 0) is 47.6 Å². The molecule has 1 aliphatic carbocycles. The highest BCUT2D eigenvalue weighted by Crippen LogP contribution is 2.41. The lowest BCUT2D eigenvalue weighted by atomic mass is 9.77. The zero-order valence-electron chi connectivity index (χ0n) is 11.0. The summed E-state index contributed by atoms with van der Waals surface area (Å²) < 4.78 is 13.3. The van der Waals surface area contributed by atoms with Crippen molar-refractivity contribution < 1.29 is 14.3 Å². The van der Waals surface area contributed by atoms with E-state index >= 15 is 0 Å². The maximum Gasteiger partial charge on any atom is 0.336 e. The van der Waals surface area contributed by atoms with Crippen LogP contribution in [0.1, 0.15) is 41.1 Å². The summed E-state index contributed by atoms with van der Waals surface area (Å²) in [6, 6.07) is 11.8. The first kappa shape index (κ1) is 12.9. The van der Waals surface area contributed by atoms with Gasteiger partial charge in [-0.25, -0.2) is 9.18 Å². The van der Waals surface area contributed by atoms with Gasteiger partial charge in [0.1, 0.15) is 5.82 Å². The van der Waals surface area contributed by atoms with E-state index in [9.17, 15) is 14.3 Å². The molecule has 1 N–H and O–H groups in total. The van der Waals surface area contributed by atoms with E-state index in [4.69, 9.17) is 0 Å². The van der Waals surface area contributed by atoms with Crippen LogP contribution in [-0.2, 0) is 0 Å². The Hall–Kier alpha value is -2.16. The molecule has 3 heteroatoms. The standard InChI is InChI=1S/C17H15FO2/c18-12-8-9-15(16(10-12)17(19)20)14-7-2-1-6-13(14)11-4-3-5-11/h1-2,6-11H,3-5H2,(H,19,20). The van der Waals surface area contributed by atoms with Gasteiger partial charge in [-0.3, -0.25) is 0 Å². The molecule has 0 unspecified atom stereocenters. The maximum absolute atomic E-state index is 13.3. The fourth-order valence-electron chi connectivity index (χ4n) is 2.75. The van der Waals surface area contributed by atoms with Crippen molar-refractivity contribution in [2.45, 2.75) is 25.2 Å². The normalized spacial score (nSPS) is 14.8. The summed E-state index contributed by atoms with van der Waals surface area (Å²) in [6.07, 6.45) is 3.50. The Morgan fingerprint density at radius 2 is 1.85 bits per heavy atom. The lowest BCUT2D eigenvalue weighted by Gasteiger charge is -2.28. The molecule has 0 bridgehead atoms. The van der Waals surface area contributed by atoms with Crippen molar-refractivity contribution in [1.82, 2.24) is 0 Å². The minimum atomic E-state index is -1.09. The molecule has 0 atom stereocenters. The van der Waals surface area contributed by atoms with Crippen LogP contribution in [0.5, 0.6) is 0 Å². The molecule has 2 nitrogen and oxygen atoms in total. The topological polar surface area (TPSA) is 37.3 Å². The van der Waals surface area contributed by atoms with Crippen LogP contribution in [0.25, 0.3) is 11.1 Å². The van der Waals surface area contributed by atoms with Gasteiger partial charge in [-0.1, -0.05) is 36.8 Å². The van der Waals surface area contributed by atoms with E-state index in [1.807, 2.05) is 24.3 Å². The second kappa shape index (κ2) is 5.08. The molecule has 2 aromatic rings. The Kier molecular flexibility index (Phi) is 3.26. The van der Waals surface area contributed by atoms with Crippen LogP contribution in [0.4, 0.5) is 4.39 Å². The molecule has 0 amide bonds. The SMILES string of the molecule is O=C(O)c1cc(F)ccc1-c1ccccc1C1CCC1. The summed E-state index contributed by atoms with van der Waals surface area (Å²) in [7, 11) is 0. The Morgan fingerprint density at radius 3 is 2.50 bits per heavy atom. The smallest absolute Gasteiger partial charge is 0.336 e. The number of hydrogen-bond donors (Lipinski definition) is 1. The zero-order chi connectivity index (χ0) is 14.1. The molecule has 2 aromatic carbocycles. The van der Waals surface area contributed by atoms with Gasteiger partial charge in [0, 0.05) is 0 Å². The van der Waals surface area contributed by atoms with Crippen molar-refractivity contribution in [1.29, 1.82) is 0 Å². The van der Waals surface area contributed by atoms with Gasteiger partial charge >= 0.3 is 5.97 Å². The minimum Gasteiger partial charge on any atom is -0.478 e. The molecule has 0 radical (unpaired) electrons. The first-order chi connectivity index (χ1) is 9.66. The van der Waals surface area contributed by atoms with Crippen molar-refractivity contribution in [2.24, 2.45) is 0 Å². The van der Waals surface area contributed by atoms with Gasteiger partial charge < -0.3 is 5.11 Å². The zero-order valence-corrected chi connectivity index (χ0v) is 11.0. The lowest BCUT2D eigenvalue weighted by molar-refractivity contribution is 0.0697. The quantitative estimate of drug-likeness (QED) is 0.894. The minimum absolute atomic E-state index is 0.0248. The van der Waals surface area contributed by atoms with Crippen LogP contribution < -0.4 is 0 Å². The summed E-state index contributed by atoms with van der Waals surface area (Å²) in [4.78, 5) is 11.3. The molecule has 0 aliphatic heterocycles. The number of carbonyl (C=O) groups is 1. The van der Waals surface area contributed by atoms with E-state index in [-0.39, 0.29) is 5.56 Å². The summed E-state index contributed by atoms with van der Waals surface area (Å²) in [5.41, 5.74) is 2.71. The van der Waals surface area contributed by atoms with Crippen LogP contribution in [0, 0.1) is 5.82 Å². The second-order valence-corrected chi connectivity index (χ2v) is 5.21. The molecule has 1 fully saturated rings. The molecular weight excluding hydrogens is 255 g/mol. The van der Waals surface area contributed by atoms with Gasteiger partial charge in [0.05, 0.1) is 5.56 Å². The van der Waals surface area contributed by atoms with Crippen LogP contribution >= 0.6 is 0 Å². The molecule has 1 saturated carbocycles. The Labute approximate surface area is 116 Å². The van der Waals surface area contributed by atoms with E-state index in [1.54, 1.807) is 6.07 Å². The summed E-state index contributed by atoms with van der Waals surface area (Å²) in [6.45, 7) is 0. The summed E-state index contributed by atoms with van der Waals surface area (Å²) >= 11 is 0. The third-order valence-corrected chi connectivity index (χ3v) is 4.01. The molecule has 1 aliphatic rings. The lowest BCUT2D eigenvalue weighted by Crippen LogP contribution is -2.11. The molecule has 0 aromatic heterocycles. The maximum atomic E-state index is 13.3. The predicted octanol–water partition coefficient (Wildman–Crippen LogP) is 4.46. The van der Waals surface area contributed by atoms with E-state index in [2.05, 4.69) is 0 Å². The van der Waals surface area contributed by atoms with E-state index < -0.39 is 11.8 Å². The summed E-state index contributed by atoms with van der Waals surface area (Å²) in [5.74, 6) is -1.12. The average Bonchev–Trinajstić information content (AvgIpc) is 2.37. The van der Waals surface area contributed by atoms with Crippen molar-refractivity contribution >= 4 is 5.97 Å². The molecule has 0 saturated heterocycles. The second-order valence-electron chi connectivity index (χ2n) is 5.21. The van der Waals surface area contributed by atoms with Crippen LogP contribution in [0.3, 0.4) is 0 Å². The third-order valence-electron chi connectivity index (χ3n) is 4.01. The number of benzene rings is 2. The first-order valence-electron chi connectivity index (χ1n) is 6.79. The van der Waals surface area contributed by atoms with Crippen LogP contribution in [0.2, 0.25) is 0 Å². The van der Waals surface area contributed by atoms with Crippen molar-refractivity contribution in [3.63, 3.8) is 0 Å². The number of rotatable bonds is 3. The van der Waals surface area contributed by atoms with Crippen molar-refractivity contribution in [2.75, 3.05) is 0 Å².